The van der Waals surface area contributed by atoms with Gasteiger partial charge >= 0.3 is 0 Å². The number of nitrogens with zero attached hydrogens (tertiary/aromatic N) is 7. The molecule has 5 rings (SSSR count). The van der Waals surface area contributed by atoms with Crippen molar-refractivity contribution in [3.8, 4) is 11.4 Å². The number of anilines is 2. The van der Waals surface area contributed by atoms with Crippen molar-refractivity contribution in [2.75, 3.05) is 62.2 Å². The van der Waals surface area contributed by atoms with Crippen molar-refractivity contribution >= 4 is 22.8 Å². The number of hydrogen-bond donors (Lipinski definition) is 2. The van der Waals surface area contributed by atoms with Crippen molar-refractivity contribution in [1.29, 1.82) is 0 Å². The van der Waals surface area contributed by atoms with Crippen LogP contribution in [-0.2, 0) is 0 Å². The molecule has 2 fully saturated rings. The number of nitrogens with one attached hydrogen (secondary N) is 1. The second-order valence-corrected chi connectivity index (χ2v) is 8.59. The van der Waals surface area contributed by atoms with Crippen LogP contribution in [0.15, 0.2) is 29.3 Å². The van der Waals surface area contributed by atoms with Gasteiger partial charge in [-0.15, -0.1) is 0 Å². The van der Waals surface area contributed by atoms with Crippen LogP contribution >= 0.6 is 0 Å². The molecule has 0 amide bonds. The molecule has 0 aliphatic carbocycles. The molecule has 0 unspecified atom stereocenters. The van der Waals surface area contributed by atoms with Gasteiger partial charge in [0.1, 0.15) is 23.3 Å². The molecule has 11 heteroatoms. The summed E-state index contributed by atoms with van der Waals surface area (Å²) in [6, 6.07) is 4.32. The third-order valence-corrected chi connectivity index (χ3v) is 6.67. The molecule has 0 bridgehead atoms. The van der Waals surface area contributed by atoms with Crippen LogP contribution < -0.4 is 20.7 Å². The minimum Gasteiger partial charge on any atom is -0.506 e. The molecule has 0 spiro atoms. The fourth-order valence-corrected chi connectivity index (χ4v) is 4.71. The number of piperazine rings is 1. The Morgan fingerprint density at radius 2 is 1.85 bits per heavy atom. The van der Waals surface area contributed by atoms with Gasteiger partial charge in [-0.3, -0.25) is 14.3 Å². The van der Waals surface area contributed by atoms with E-state index < -0.39 is 11.4 Å². The van der Waals surface area contributed by atoms with Crippen LogP contribution in [0.1, 0.15) is 13.8 Å². The van der Waals surface area contributed by atoms with Gasteiger partial charge in [-0.2, -0.15) is 4.98 Å². The average molecular weight is 469 g/mol. The SMILES string of the molecule is CCN(CC)C1CN(c2nc(N3CCNCC3)c3ncn(-c4c(O)cccc4F)c(=O)c3n2)C1. The Bertz CT molecular complexity index is 1230. The second kappa shape index (κ2) is 9.15. The highest BCUT2D eigenvalue weighted by atomic mass is 19.1. The van der Waals surface area contributed by atoms with Crippen LogP contribution in [0, 0.1) is 5.82 Å². The van der Waals surface area contributed by atoms with Crippen LogP contribution in [0.4, 0.5) is 16.2 Å². The van der Waals surface area contributed by atoms with E-state index in [9.17, 15) is 14.3 Å². The van der Waals surface area contributed by atoms with Gasteiger partial charge in [0.05, 0.1) is 0 Å². The first-order valence-electron chi connectivity index (χ1n) is 11.7. The summed E-state index contributed by atoms with van der Waals surface area (Å²) >= 11 is 0. The second-order valence-electron chi connectivity index (χ2n) is 8.59. The normalized spacial score (nSPS) is 16.9. The number of hydrogen-bond acceptors (Lipinski definition) is 9. The van der Waals surface area contributed by atoms with E-state index in [0.29, 0.717) is 23.3 Å². The molecule has 2 saturated heterocycles. The maximum atomic E-state index is 14.5. The standard InChI is InChI=1S/C23H29FN8O2/c1-3-29(4-2)15-12-31(13-15)23-27-19-18(21(28-23)30-10-8-25-9-11-30)26-14-32(22(19)34)20-16(24)6-5-7-17(20)33/h5-7,14-15,25,33H,3-4,8-13H2,1-2H3. The highest BCUT2D eigenvalue weighted by Crippen LogP contribution is 2.28. The number of benzene rings is 1. The quantitative estimate of drug-likeness (QED) is 0.548. The molecule has 4 heterocycles. The van der Waals surface area contributed by atoms with Crippen molar-refractivity contribution in [2.24, 2.45) is 0 Å². The molecule has 0 atom stereocenters. The lowest BCUT2D eigenvalue weighted by molar-refractivity contribution is 0.182. The van der Waals surface area contributed by atoms with E-state index in [-0.39, 0.29) is 17.0 Å². The number of halogens is 1. The van der Waals surface area contributed by atoms with E-state index in [1.54, 1.807) is 0 Å². The third kappa shape index (κ3) is 3.84. The molecule has 2 aromatic heterocycles. The lowest BCUT2D eigenvalue weighted by Gasteiger charge is -2.45. The van der Waals surface area contributed by atoms with E-state index in [1.807, 2.05) is 0 Å². The number of para-hydroxylation sites is 1. The van der Waals surface area contributed by atoms with Gasteiger partial charge in [0.15, 0.2) is 17.2 Å². The molecule has 10 nitrogen and oxygen atoms in total. The lowest BCUT2D eigenvalue weighted by Crippen LogP contribution is -2.60. The molecule has 3 aromatic rings. The number of fused-ring (bicyclic) bond motifs is 1. The molecule has 180 valence electrons. The molecule has 2 aliphatic rings. The minimum absolute atomic E-state index is 0.106. The fourth-order valence-electron chi connectivity index (χ4n) is 4.71. The average Bonchev–Trinajstić information content (AvgIpc) is 2.82. The van der Waals surface area contributed by atoms with Gasteiger partial charge in [-0.25, -0.2) is 14.4 Å². The Balaban J connectivity index is 1.62. The Hall–Kier alpha value is -3.31. The zero-order valence-corrected chi connectivity index (χ0v) is 19.4. The van der Waals surface area contributed by atoms with Gasteiger partial charge in [-0.05, 0) is 25.2 Å². The maximum Gasteiger partial charge on any atom is 0.284 e. The Morgan fingerprint density at radius 1 is 1.12 bits per heavy atom. The first kappa shape index (κ1) is 22.5. The largest absolute Gasteiger partial charge is 0.506 e. The summed E-state index contributed by atoms with van der Waals surface area (Å²) in [5.41, 5.74) is -0.305. The van der Waals surface area contributed by atoms with Gasteiger partial charge in [-0.1, -0.05) is 19.9 Å². The fraction of sp³-hybridized carbons (Fsp3) is 0.478. The summed E-state index contributed by atoms with van der Waals surface area (Å²) in [5.74, 6) is 0.0166. The van der Waals surface area contributed by atoms with Gasteiger partial charge in [0, 0.05) is 45.3 Å². The first-order valence-corrected chi connectivity index (χ1v) is 11.7. The summed E-state index contributed by atoms with van der Waals surface area (Å²) in [5, 5.41) is 13.6. The summed E-state index contributed by atoms with van der Waals surface area (Å²) < 4.78 is 15.5. The van der Waals surface area contributed by atoms with Crippen LogP contribution in [0.5, 0.6) is 5.75 Å². The summed E-state index contributed by atoms with van der Waals surface area (Å²) in [6.07, 6.45) is 1.23. The van der Waals surface area contributed by atoms with E-state index >= 15 is 0 Å². The number of phenols is 1. The molecule has 34 heavy (non-hydrogen) atoms. The molecule has 2 aliphatic heterocycles. The van der Waals surface area contributed by atoms with Crippen molar-refractivity contribution < 1.29 is 9.50 Å². The molecule has 0 radical (unpaired) electrons. The zero-order chi connectivity index (χ0) is 23.8. The molecular weight excluding hydrogens is 439 g/mol. The Morgan fingerprint density at radius 3 is 2.53 bits per heavy atom. The number of rotatable bonds is 6. The van der Waals surface area contributed by atoms with Gasteiger partial charge in [0.2, 0.25) is 5.95 Å². The van der Waals surface area contributed by atoms with Gasteiger partial charge in [0.25, 0.3) is 5.56 Å². The molecule has 1 aromatic carbocycles. The van der Waals surface area contributed by atoms with Crippen LogP contribution in [0.2, 0.25) is 0 Å². The van der Waals surface area contributed by atoms with E-state index in [1.165, 1.54) is 24.5 Å². The van der Waals surface area contributed by atoms with Gasteiger partial charge < -0.3 is 20.2 Å². The van der Waals surface area contributed by atoms with Crippen LogP contribution in [0.25, 0.3) is 16.7 Å². The number of aromatic nitrogens is 4. The maximum absolute atomic E-state index is 14.5. The zero-order valence-electron chi connectivity index (χ0n) is 19.4. The predicted octanol–water partition coefficient (Wildman–Crippen LogP) is 0.960. The van der Waals surface area contributed by atoms with E-state index in [2.05, 4.69) is 43.8 Å². The van der Waals surface area contributed by atoms with Crippen molar-refractivity contribution in [3.05, 3.63) is 40.7 Å². The van der Waals surface area contributed by atoms with Crippen LogP contribution in [0.3, 0.4) is 0 Å². The third-order valence-electron chi connectivity index (χ3n) is 6.67. The predicted molar refractivity (Wildman–Crippen MR) is 129 cm³/mol. The van der Waals surface area contributed by atoms with Crippen molar-refractivity contribution in [2.45, 2.75) is 19.9 Å². The highest BCUT2D eigenvalue weighted by molar-refractivity contribution is 5.86. The smallest absolute Gasteiger partial charge is 0.284 e. The summed E-state index contributed by atoms with van der Waals surface area (Å²) in [6.45, 7) is 10.8. The molecular formula is C23H29FN8O2. The lowest BCUT2D eigenvalue weighted by atomic mass is 10.1. The van der Waals surface area contributed by atoms with E-state index in [0.717, 1.165) is 56.9 Å². The first-order chi connectivity index (χ1) is 16.5. The number of phenolic OH excluding ortho intramolecular Hbond substituents is 1. The molecule has 0 saturated carbocycles. The Labute approximate surface area is 196 Å². The monoisotopic (exact) mass is 468 g/mol. The number of aromatic hydroxyl groups is 1. The topological polar surface area (TPSA) is 103 Å². The van der Waals surface area contributed by atoms with Crippen LogP contribution in [-0.4, -0.2) is 87.9 Å². The van der Waals surface area contributed by atoms with E-state index in [4.69, 9.17) is 4.98 Å². The molecule has 2 N–H and O–H groups in total. The highest BCUT2D eigenvalue weighted by Gasteiger charge is 2.33. The minimum atomic E-state index is -0.718. The Kier molecular flexibility index (Phi) is 6.05. The van der Waals surface area contributed by atoms with Crippen molar-refractivity contribution in [3.63, 3.8) is 0 Å². The van der Waals surface area contributed by atoms with Crippen molar-refractivity contribution in [1.82, 2.24) is 29.7 Å². The number of likely N-dealkylation sites (N-methyl/N-ethyl adjacent to an activating group) is 1. The summed E-state index contributed by atoms with van der Waals surface area (Å²) in [4.78, 5) is 34.0. The summed E-state index contributed by atoms with van der Waals surface area (Å²) in [7, 11) is 0.